The Morgan fingerprint density at radius 2 is 1.86 bits per heavy atom. The molecule has 0 radical (unpaired) electrons. The van der Waals surface area contributed by atoms with Gasteiger partial charge in [0, 0.05) is 37.3 Å². The maximum atomic E-state index is 11.6. The van der Waals surface area contributed by atoms with Crippen molar-refractivity contribution in [1.29, 1.82) is 0 Å². The first-order chi connectivity index (χ1) is 13.6. The van der Waals surface area contributed by atoms with Gasteiger partial charge in [0.05, 0.1) is 11.3 Å². The van der Waals surface area contributed by atoms with Crippen LogP contribution in [0.4, 0.5) is 0 Å². The molecule has 5 rings (SSSR count). The van der Waals surface area contributed by atoms with E-state index < -0.39 is 5.91 Å². The number of nitrogens with two attached hydrogens (primary N) is 1. The van der Waals surface area contributed by atoms with Gasteiger partial charge in [-0.15, -0.1) is 0 Å². The van der Waals surface area contributed by atoms with Gasteiger partial charge in [0.1, 0.15) is 6.33 Å². The van der Waals surface area contributed by atoms with Crippen molar-refractivity contribution in [3.05, 3.63) is 53.9 Å². The summed E-state index contributed by atoms with van der Waals surface area (Å²) < 4.78 is 1.67. The zero-order valence-electron chi connectivity index (χ0n) is 16.0. The van der Waals surface area contributed by atoms with Crippen LogP contribution in [0.15, 0.2) is 42.7 Å². The van der Waals surface area contributed by atoms with E-state index in [0.717, 1.165) is 30.4 Å². The van der Waals surface area contributed by atoms with Crippen molar-refractivity contribution in [3.63, 3.8) is 0 Å². The van der Waals surface area contributed by atoms with Crippen LogP contribution in [-0.4, -0.2) is 62.0 Å². The lowest BCUT2D eigenvalue weighted by Gasteiger charge is -2.33. The topological polar surface area (TPSA) is 79.8 Å². The maximum Gasteiger partial charge on any atom is 0.252 e. The van der Waals surface area contributed by atoms with E-state index in [4.69, 9.17) is 5.73 Å². The second kappa shape index (κ2) is 6.68. The van der Waals surface area contributed by atoms with Gasteiger partial charge in [-0.05, 0) is 30.7 Å². The predicted molar refractivity (Wildman–Crippen MR) is 107 cm³/mol. The number of piperazine rings is 1. The number of aromatic nitrogens is 3. The molecule has 0 saturated carbocycles. The van der Waals surface area contributed by atoms with E-state index in [9.17, 15) is 4.79 Å². The minimum absolute atomic E-state index is 0.378. The summed E-state index contributed by atoms with van der Waals surface area (Å²) in [5.74, 6) is -0.499. The van der Waals surface area contributed by atoms with Crippen LogP contribution in [0.1, 0.15) is 29.3 Å². The average molecular weight is 376 g/mol. The fraction of sp³-hybridized carbons (Fsp3) is 0.381. The number of primary amides is 1. The van der Waals surface area contributed by atoms with Crippen LogP contribution in [-0.2, 0) is 6.54 Å². The number of pyridine rings is 1. The van der Waals surface area contributed by atoms with Crippen molar-refractivity contribution in [3.8, 4) is 11.3 Å². The van der Waals surface area contributed by atoms with Crippen LogP contribution in [0.3, 0.4) is 0 Å². The average Bonchev–Trinajstić information content (AvgIpc) is 3.43. The van der Waals surface area contributed by atoms with Crippen molar-refractivity contribution < 1.29 is 4.79 Å². The van der Waals surface area contributed by atoms with Crippen molar-refractivity contribution in [2.45, 2.75) is 32.0 Å². The van der Waals surface area contributed by atoms with Gasteiger partial charge in [-0.1, -0.05) is 31.2 Å². The molecule has 7 heteroatoms. The fourth-order valence-corrected chi connectivity index (χ4v) is 4.75. The highest BCUT2D eigenvalue weighted by Gasteiger charge is 2.41. The summed E-state index contributed by atoms with van der Waals surface area (Å²) >= 11 is 0. The summed E-state index contributed by atoms with van der Waals surface area (Å²) in [7, 11) is 0. The number of likely N-dealkylation sites (N-methyl/N-ethyl adjacent to an activating group) is 1. The van der Waals surface area contributed by atoms with Gasteiger partial charge in [-0.25, -0.2) is 9.50 Å². The van der Waals surface area contributed by atoms with E-state index in [0.29, 0.717) is 17.3 Å². The van der Waals surface area contributed by atoms with E-state index in [1.807, 2.05) is 6.07 Å². The normalized spacial score (nSPS) is 22.3. The third-order valence-electron chi connectivity index (χ3n) is 6.20. The number of carbonyl (C=O) groups excluding carboxylic acids is 1. The van der Waals surface area contributed by atoms with Gasteiger partial charge >= 0.3 is 0 Å². The maximum absolute atomic E-state index is 11.6. The minimum atomic E-state index is -0.499. The summed E-state index contributed by atoms with van der Waals surface area (Å²) in [4.78, 5) is 21.0. The van der Waals surface area contributed by atoms with Crippen LogP contribution in [0, 0.1) is 0 Å². The minimum Gasteiger partial charge on any atom is -0.365 e. The molecule has 0 aliphatic carbocycles. The summed E-state index contributed by atoms with van der Waals surface area (Å²) in [5, 5.41) is 4.27. The van der Waals surface area contributed by atoms with Crippen LogP contribution >= 0.6 is 0 Å². The molecule has 2 bridgehead atoms. The van der Waals surface area contributed by atoms with E-state index in [1.165, 1.54) is 31.4 Å². The lowest BCUT2D eigenvalue weighted by molar-refractivity contribution is 0.100. The van der Waals surface area contributed by atoms with Gasteiger partial charge in [-0.2, -0.15) is 5.10 Å². The molecule has 0 spiro atoms. The zero-order chi connectivity index (χ0) is 19.3. The Balaban J connectivity index is 1.37. The number of fused-ring (bicyclic) bond motifs is 3. The Morgan fingerprint density at radius 1 is 1.11 bits per heavy atom. The number of rotatable bonds is 5. The molecule has 4 heterocycles. The fourth-order valence-electron chi connectivity index (χ4n) is 4.75. The standard InChI is InChI=1S/C21H24N6O/c1-2-25-11-17-9-16(25)12-26(17)10-14-3-5-15(6-4-14)19-8-7-18(20(22)28)21-23-13-24-27(19)21/h3-8,13,16-17H,2,9-12H2,1H3,(H2,22,28)/t16-,17-/m1/s1. The first-order valence-electron chi connectivity index (χ1n) is 9.84. The first kappa shape index (κ1) is 17.3. The summed E-state index contributed by atoms with van der Waals surface area (Å²) in [6, 6.07) is 13.6. The van der Waals surface area contributed by atoms with Gasteiger partial charge < -0.3 is 5.73 Å². The predicted octanol–water partition coefficient (Wildman–Crippen LogP) is 1.77. The van der Waals surface area contributed by atoms with Gasteiger partial charge in [0.15, 0.2) is 5.65 Å². The molecule has 1 amide bonds. The molecule has 2 saturated heterocycles. The number of likely N-dealkylation sites (tertiary alicyclic amines) is 2. The Labute approximate surface area is 163 Å². The lowest BCUT2D eigenvalue weighted by Crippen LogP contribution is -2.45. The molecule has 144 valence electrons. The number of benzene rings is 1. The zero-order valence-corrected chi connectivity index (χ0v) is 16.0. The largest absolute Gasteiger partial charge is 0.365 e. The molecule has 2 aromatic heterocycles. The highest BCUT2D eigenvalue weighted by Crippen LogP contribution is 2.31. The Hall–Kier alpha value is -2.77. The molecule has 0 unspecified atom stereocenters. The third kappa shape index (κ3) is 2.78. The molecule has 2 N–H and O–H groups in total. The van der Waals surface area contributed by atoms with E-state index >= 15 is 0 Å². The SMILES string of the molecule is CCN1C[C@H]2C[C@@H]1CN2Cc1ccc(-c2ccc(C(N)=O)c3ncnn23)cc1. The molecule has 3 aromatic rings. The van der Waals surface area contributed by atoms with E-state index in [2.05, 4.69) is 51.1 Å². The van der Waals surface area contributed by atoms with Crippen molar-refractivity contribution in [2.24, 2.45) is 5.73 Å². The van der Waals surface area contributed by atoms with Crippen molar-refractivity contribution in [2.75, 3.05) is 19.6 Å². The van der Waals surface area contributed by atoms with Crippen LogP contribution < -0.4 is 5.73 Å². The summed E-state index contributed by atoms with van der Waals surface area (Å²) in [5.41, 5.74) is 9.56. The van der Waals surface area contributed by atoms with Crippen LogP contribution in [0.25, 0.3) is 16.9 Å². The van der Waals surface area contributed by atoms with E-state index in [-0.39, 0.29) is 0 Å². The molecule has 28 heavy (non-hydrogen) atoms. The van der Waals surface area contributed by atoms with Gasteiger partial charge in [0.2, 0.25) is 0 Å². The third-order valence-corrected chi connectivity index (χ3v) is 6.20. The molecular weight excluding hydrogens is 352 g/mol. The quantitative estimate of drug-likeness (QED) is 0.734. The highest BCUT2D eigenvalue weighted by atomic mass is 16.1. The molecule has 2 atom stereocenters. The molecule has 2 fully saturated rings. The molecule has 2 aliphatic heterocycles. The van der Waals surface area contributed by atoms with E-state index in [1.54, 1.807) is 10.6 Å². The number of nitrogens with zero attached hydrogens (tertiary/aromatic N) is 5. The van der Waals surface area contributed by atoms with Crippen LogP contribution in [0.5, 0.6) is 0 Å². The van der Waals surface area contributed by atoms with Crippen molar-refractivity contribution in [1.82, 2.24) is 24.4 Å². The summed E-state index contributed by atoms with van der Waals surface area (Å²) in [6.45, 7) is 6.79. The second-order valence-electron chi connectivity index (χ2n) is 7.75. The smallest absolute Gasteiger partial charge is 0.252 e. The van der Waals surface area contributed by atoms with Gasteiger partial charge in [0.25, 0.3) is 5.91 Å². The molecule has 2 aliphatic rings. The Morgan fingerprint density at radius 3 is 2.54 bits per heavy atom. The molecular formula is C21H24N6O. The lowest BCUT2D eigenvalue weighted by atomic mass is 10.1. The summed E-state index contributed by atoms with van der Waals surface area (Å²) in [6.07, 6.45) is 2.75. The van der Waals surface area contributed by atoms with Crippen LogP contribution in [0.2, 0.25) is 0 Å². The number of amides is 1. The van der Waals surface area contributed by atoms with Gasteiger partial charge in [-0.3, -0.25) is 14.6 Å². The first-order valence-corrected chi connectivity index (χ1v) is 9.84. The second-order valence-corrected chi connectivity index (χ2v) is 7.75. The number of hydrogen-bond acceptors (Lipinski definition) is 5. The number of carbonyl (C=O) groups is 1. The number of hydrogen-bond donors (Lipinski definition) is 1. The molecule has 7 nitrogen and oxygen atoms in total. The van der Waals surface area contributed by atoms with Crippen molar-refractivity contribution >= 4 is 11.6 Å². The Bertz CT molecular complexity index is 1030. The monoisotopic (exact) mass is 376 g/mol. The highest BCUT2D eigenvalue weighted by molar-refractivity contribution is 5.99. The molecule has 1 aromatic carbocycles. The Kier molecular flexibility index (Phi) is 4.14.